The molecule has 0 saturated carbocycles. The Labute approximate surface area is 182 Å². The van der Waals surface area contributed by atoms with Crippen molar-refractivity contribution >= 4 is 45.2 Å². The molecule has 0 N–H and O–H groups in total. The summed E-state index contributed by atoms with van der Waals surface area (Å²) in [5.74, 6) is 0.00496. The van der Waals surface area contributed by atoms with Crippen molar-refractivity contribution in [3.8, 4) is 11.5 Å². The third-order valence-electron chi connectivity index (χ3n) is 4.53. The topological polar surface area (TPSA) is 110 Å². The van der Waals surface area contributed by atoms with Crippen LogP contribution in [0.1, 0.15) is 0 Å². The lowest BCUT2D eigenvalue weighted by atomic mass is 10.3. The average Bonchev–Trinajstić information content (AvgIpc) is 2.71. The molecule has 2 aromatic rings. The highest BCUT2D eigenvalue weighted by Gasteiger charge is 2.32. The van der Waals surface area contributed by atoms with E-state index in [1.807, 2.05) is 4.90 Å². The van der Waals surface area contributed by atoms with Crippen LogP contribution in [0.5, 0.6) is 11.5 Å². The number of aldehydes is 1. The molecule has 1 heterocycles. The van der Waals surface area contributed by atoms with E-state index in [0.717, 1.165) is 18.4 Å². The zero-order valence-electron chi connectivity index (χ0n) is 15.5. The van der Waals surface area contributed by atoms with Crippen molar-refractivity contribution in [1.82, 2.24) is 9.21 Å². The Balaban J connectivity index is 1.99. The molecule has 3 rings (SSSR count). The molecule has 0 unspecified atom stereocenters. The molecule has 30 heavy (non-hydrogen) atoms. The molecule has 2 aromatic carbocycles. The first-order chi connectivity index (χ1) is 14.2. The van der Waals surface area contributed by atoms with Gasteiger partial charge in [0.1, 0.15) is 22.7 Å². The molecule has 0 aromatic heterocycles. The van der Waals surface area contributed by atoms with Gasteiger partial charge in [-0.05, 0) is 18.2 Å². The first kappa shape index (κ1) is 22.4. The lowest BCUT2D eigenvalue weighted by Gasteiger charge is -2.33. The number of piperazine rings is 1. The Morgan fingerprint density at radius 1 is 1.07 bits per heavy atom. The summed E-state index contributed by atoms with van der Waals surface area (Å²) >= 11 is 12.1. The van der Waals surface area contributed by atoms with Crippen LogP contribution < -0.4 is 4.74 Å². The van der Waals surface area contributed by atoms with Crippen LogP contribution in [0.25, 0.3) is 0 Å². The highest BCUT2D eigenvalue weighted by molar-refractivity contribution is 7.89. The summed E-state index contributed by atoms with van der Waals surface area (Å²) in [6.45, 7) is 1.21. The molecular weight excluding hydrogens is 457 g/mol. The molecule has 0 radical (unpaired) electrons. The van der Waals surface area contributed by atoms with E-state index in [4.69, 9.17) is 27.9 Å². The van der Waals surface area contributed by atoms with Gasteiger partial charge in [0.05, 0.1) is 16.5 Å². The van der Waals surface area contributed by atoms with Crippen LogP contribution in [0, 0.1) is 10.1 Å². The number of hydrogen-bond donors (Lipinski definition) is 0. The summed E-state index contributed by atoms with van der Waals surface area (Å²) in [4.78, 5) is 22.7. The van der Waals surface area contributed by atoms with Crippen LogP contribution in [-0.2, 0) is 14.8 Å². The molecule has 9 nitrogen and oxygen atoms in total. The number of non-ortho nitro benzene ring substituents is 1. The molecule has 1 aliphatic rings. The van der Waals surface area contributed by atoms with Gasteiger partial charge in [-0.25, -0.2) is 8.42 Å². The van der Waals surface area contributed by atoms with Gasteiger partial charge in [0.25, 0.3) is 5.69 Å². The van der Waals surface area contributed by atoms with Crippen LogP contribution in [0.2, 0.25) is 10.0 Å². The van der Waals surface area contributed by atoms with Gasteiger partial charge in [-0.2, -0.15) is 4.31 Å². The lowest BCUT2D eigenvalue weighted by Crippen LogP contribution is -2.48. The molecule has 1 aliphatic heterocycles. The standard InChI is InChI=1S/C18H17Cl2N3O6S/c19-13-1-3-15(20)17(11-13)29-16-4-2-14(23(25)26)12-18(16)30(27,28)22-7-5-21(6-8-22)9-10-24/h1-4,10-12H,5-9H2. The van der Waals surface area contributed by atoms with Crippen molar-refractivity contribution in [1.29, 1.82) is 0 Å². The summed E-state index contributed by atoms with van der Waals surface area (Å²) in [7, 11) is -4.12. The predicted molar refractivity (Wildman–Crippen MR) is 111 cm³/mol. The Bertz CT molecular complexity index is 1070. The van der Waals surface area contributed by atoms with Crippen molar-refractivity contribution < 1.29 is 22.9 Å². The first-order valence-electron chi connectivity index (χ1n) is 8.80. The van der Waals surface area contributed by atoms with Gasteiger partial charge in [0.2, 0.25) is 10.0 Å². The summed E-state index contributed by atoms with van der Waals surface area (Å²) < 4.78 is 33.4. The van der Waals surface area contributed by atoms with E-state index in [9.17, 15) is 23.3 Å². The quantitative estimate of drug-likeness (QED) is 0.344. The third kappa shape index (κ3) is 4.90. The number of nitro benzene ring substituents is 1. The summed E-state index contributed by atoms with van der Waals surface area (Å²) in [5, 5.41) is 11.7. The van der Waals surface area contributed by atoms with Gasteiger partial charge in [-0.3, -0.25) is 15.0 Å². The van der Waals surface area contributed by atoms with Gasteiger partial charge in [0.15, 0.2) is 0 Å². The number of ether oxygens (including phenoxy) is 1. The molecule has 160 valence electrons. The number of carbonyl (C=O) groups excluding carboxylic acids is 1. The maximum absolute atomic E-state index is 13.3. The highest BCUT2D eigenvalue weighted by atomic mass is 35.5. The highest BCUT2D eigenvalue weighted by Crippen LogP contribution is 2.37. The van der Waals surface area contributed by atoms with Crippen molar-refractivity contribution in [3.63, 3.8) is 0 Å². The Hall–Kier alpha value is -2.24. The molecule has 0 aliphatic carbocycles. The maximum atomic E-state index is 13.3. The zero-order chi connectivity index (χ0) is 21.9. The van der Waals surface area contributed by atoms with Crippen LogP contribution in [-0.4, -0.2) is 61.6 Å². The van der Waals surface area contributed by atoms with Crippen molar-refractivity contribution in [2.24, 2.45) is 0 Å². The predicted octanol–water partition coefficient (Wildman–Crippen LogP) is 3.20. The van der Waals surface area contributed by atoms with E-state index < -0.39 is 20.6 Å². The Kier molecular flexibility index (Phi) is 6.94. The Morgan fingerprint density at radius 3 is 2.40 bits per heavy atom. The smallest absolute Gasteiger partial charge is 0.271 e. The van der Waals surface area contributed by atoms with Crippen molar-refractivity contribution in [2.75, 3.05) is 32.7 Å². The van der Waals surface area contributed by atoms with Gasteiger partial charge < -0.3 is 9.53 Å². The normalized spacial score (nSPS) is 15.7. The number of carbonyl (C=O) groups is 1. The monoisotopic (exact) mass is 473 g/mol. The number of nitrogens with zero attached hydrogens (tertiary/aromatic N) is 3. The van der Waals surface area contributed by atoms with Gasteiger partial charge in [0, 0.05) is 49.4 Å². The minimum Gasteiger partial charge on any atom is -0.454 e. The average molecular weight is 474 g/mol. The fourth-order valence-electron chi connectivity index (χ4n) is 2.97. The first-order valence-corrected chi connectivity index (χ1v) is 11.0. The molecule has 0 atom stereocenters. The van der Waals surface area contributed by atoms with Crippen LogP contribution >= 0.6 is 23.2 Å². The molecule has 1 fully saturated rings. The van der Waals surface area contributed by atoms with Crippen LogP contribution in [0.4, 0.5) is 5.69 Å². The van der Waals surface area contributed by atoms with Crippen LogP contribution in [0.15, 0.2) is 41.3 Å². The minimum absolute atomic E-state index is 0.111. The maximum Gasteiger partial charge on any atom is 0.271 e. The van der Waals surface area contributed by atoms with Crippen molar-refractivity contribution in [2.45, 2.75) is 4.90 Å². The van der Waals surface area contributed by atoms with Gasteiger partial charge in [-0.15, -0.1) is 0 Å². The molecular formula is C18H17Cl2N3O6S. The number of benzene rings is 2. The Morgan fingerprint density at radius 2 is 1.77 bits per heavy atom. The van der Waals surface area contributed by atoms with E-state index in [-0.39, 0.29) is 41.1 Å². The van der Waals surface area contributed by atoms with E-state index in [1.165, 1.54) is 22.5 Å². The van der Waals surface area contributed by atoms with E-state index in [2.05, 4.69) is 0 Å². The third-order valence-corrected chi connectivity index (χ3v) is 7.00. The summed E-state index contributed by atoms with van der Waals surface area (Å²) in [6, 6.07) is 7.77. The number of nitro groups is 1. The fourth-order valence-corrected chi connectivity index (χ4v) is 4.84. The number of sulfonamides is 1. The molecule has 12 heteroatoms. The number of rotatable bonds is 7. The second-order valence-electron chi connectivity index (χ2n) is 6.44. The van der Waals surface area contributed by atoms with Gasteiger partial charge >= 0.3 is 0 Å². The van der Waals surface area contributed by atoms with E-state index in [1.54, 1.807) is 6.07 Å². The number of hydrogen-bond acceptors (Lipinski definition) is 7. The fraction of sp³-hybridized carbons (Fsp3) is 0.278. The number of halogens is 2. The lowest BCUT2D eigenvalue weighted by molar-refractivity contribution is -0.385. The molecule has 0 amide bonds. The zero-order valence-corrected chi connectivity index (χ0v) is 17.9. The second-order valence-corrected chi connectivity index (χ2v) is 9.19. The SMILES string of the molecule is O=CCN1CCN(S(=O)(=O)c2cc([N+](=O)[O-])ccc2Oc2cc(Cl)ccc2Cl)CC1. The molecule has 0 bridgehead atoms. The second kappa shape index (κ2) is 9.27. The minimum atomic E-state index is -4.12. The van der Waals surface area contributed by atoms with Crippen molar-refractivity contribution in [3.05, 3.63) is 56.6 Å². The van der Waals surface area contributed by atoms with Gasteiger partial charge in [-0.1, -0.05) is 23.2 Å². The summed E-state index contributed by atoms with van der Waals surface area (Å²) in [5.41, 5.74) is -0.391. The molecule has 0 spiro atoms. The van der Waals surface area contributed by atoms with E-state index in [0.29, 0.717) is 18.1 Å². The van der Waals surface area contributed by atoms with Crippen LogP contribution in [0.3, 0.4) is 0 Å². The van der Waals surface area contributed by atoms with E-state index >= 15 is 0 Å². The summed E-state index contributed by atoms with van der Waals surface area (Å²) in [6.07, 6.45) is 0.755. The molecule has 1 saturated heterocycles. The largest absolute Gasteiger partial charge is 0.454 e.